The average molecular weight is 343 g/mol. The molecule has 1 aromatic heterocycles. The molecule has 0 saturated carbocycles. The van der Waals surface area contributed by atoms with E-state index < -0.39 is 0 Å². The number of fused-ring (bicyclic) bond motifs is 1. The molecule has 2 amide bonds. The van der Waals surface area contributed by atoms with Gasteiger partial charge in [0.15, 0.2) is 0 Å². The van der Waals surface area contributed by atoms with Crippen LogP contribution in [-0.2, 0) is 16.1 Å². The van der Waals surface area contributed by atoms with Crippen LogP contribution < -0.4 is 5.32 Å². The van der Waals surface area contributed by atoms with Crippen LogP contribution in [0.2, 0.25) is 0 Å². The summed E-state index contributed by atoms with van der Waals surface area (Å²) in [5, 5.41) is 2.70. The molecule has 1 atom stereocenters. The third kappa shape index (κ3) is 3.99. The van der Waals surface area contributed by atoms with Gasteiger partial charge in [0.2, 0.25) is 11.8 Å². The van der Waals surface area contributed by atoms with Gasteiger partial charge in [0.25, 0.3) is 0 Å². The minimum absolute atomic E-state index is 0.00727. The van der Waals surface area contributed by atoms with Gasteiger partial charge in [-0.15, -0.1) is 0 Å². The van der Waals surface area contributed by atoms with Crippen molar-refractivity contribution in [1.82, 2.24) is 24.7 Å². The first-order valence-electron chi connectivity index (χ1n) is 8.66. The zero-order valence-electron chi connectivity index (χ0n) is 14.8. The summed E-state index contributed by atoms with van der Waals surface area (Å²) < 4.78 is 2.01. The molecule has 1 N–H and O–H groups in total. The summed E-state index contributed by atoms with van der Waals surface area (Å²) in [6.45, 7) is 3.19. The molecule has 7 heteroatoms. The monoisotopic (exact) mass is 343 g/mol. The quantitative estimate of drug-likeness (QED) is 0.881. The summed E-state index contributed by atoms with van der Waals surface area (Å²) in [4.78, 5) is 33.0. The summed E-state index contributed by atoms with van der Waals surface area (Å²) in [6.07, 6.45) is 2.19. The van der Waals surface area contributed by atoms with E-state index in [2.05, 4.69) is 15.2 Å². The maximum atomic E-state index is 12.7. The lowest BCUT2D eigenvalue weighted by molar-refractivity contribution is -0.133. The minimum atomic E-state index is -0.185. The fourth-order valence-electron chi connectivity index (χ4n) is 3.33. The number of nitrogens with one attached hydrogen (secondary N) is 1. The highest BCUT2D eigenvalue weighted by Gasteiger charge is 2.28. The molecule has 0 radical (unpaired) electrons. The summed E-state index contributed by atoms with van der Waals surface area (Å²) in [6, 6.07) is 7.90. The Kier molecular flexibility index (Phi) is 5.33. The van der Waals surface area contributed by atoms with E-state index in [-0.39, 0.29) is 17.7 Å². The number of benzene rings is 1. The van der Waals surface area contributed by atoms with E-state index in [1.54, 1.807) is 13.4 Å². The predicted molar refractivity (Wildman–Crippen MR) is 96.0 cm³/mol. The van der Waals surface area contributed by atoms with Gasteiger partial charge in [-0.3, -0.25) is 9.59 Å². The number of carbonyl (C=O) groups excluding carboxylic acids is 2. The van der Waals surface area contributed by atoms with E-state index in [0.29, 0.717) is 32.6 Å². The van der Waals surface area contributed by atoms with Crippen LogP contribution in [0.25, 0.3) is 11.0 Å². The number of rotatable bonds is 4. The Labute approximate surface area is 147 Å². The summed E-state index contributed by atoms with van der Waals surface area (Å²) in [5.41, 5.74) is 1.97. The lowest BCUT2D eigenvalue weighted by Gasteiger charge is -2.23. The van der Waals surface area contributed by atoms with E-state index in [9.17, 15) is 9.59 Å². The number of aromatic nitrogens is 2. The van der Waals surface area contributed by atoms with E-state index in [1.165, 1.54) is 0 Å². The van der Waals surface area contributed by atoms with Crippen molar-refractivity contribution in [3.8, 4) is 0 Å². The highest BCUT2D eigenvalue weighted by atomic mass is 16.2. The number of aryl methyl sites for hydroxylation is 1. The van der Waals surface area contributed by atoms with Crippen molar-refractivity contribution >= 4 is 22.8 Å². The molecule has 1 saturated heterocycles. The molecule has 0 bridgehead atoms. The molecule has 1 aromatic carbocycles. The highest BCUT2D eigenvalue weighted by Crippen LogP contribution is 2.14. The fraction of sp³-hybridized carbons (Fsp3) is 0.500. The number of nitrogens with zero attached hydrogens (tertiary/aromatic N) is 4. The molecule has 7 nitrogen and oxygen atoms in total. The highest BCUT2D eigenvalue weighted by molar-refractivity contribution is 5.81. The number of para-hydroxylation sites is 2. The first-order chi connectivity index (χ1) is 12.1. The standard InChI is InChI=1S/C18H25N5O2/c1-19-18(25)14-11-21(2)9-10-22(12-14)17(24)7-8-23-13-20-15-5-3-4-6-16(15)23/h3-6,13-14H,7-12H2,1-2H3,(H,19,25)/t14-/m1/s1. The summed E-state index contributed by atoms with van der Waals surface area (Å²) >= 11 is 0. The van der Waals surface area contributed by atoms with Crippen molar-refractivity contribution in [2.45, 2.75) is 13.0 Å². The molecule has 134 valence electrons. The molecule has 1 fully saturated rings. The second-order valence-corrected chi connectivity index (χ2v) is 6.59. The molecule has 1 aliphatic heterocycles. The van der Waals surface area contributed by atoms with Gasteiger partial charge in [0.1, 0.15) is 0 Å². The van der Waals surface area contributed by atoms with Crippen molar-refractivity contribution in [3.63, 3.8) is 0 Å². The third-order valence-corrected chi connectivity index (χ3v) is 4.79. The Morgan fingerprint density at radius 2 is 2.04 bits per heavy atom. The van der Waals surface area contributed by atoms with Crippen LogP contribution in [0.5, 0.6) is 0 Å². The third-order valence-electron chi connectivity index (χ3n) is 4.79. The summed E-state index contributed by atoms with van der Waals surface area (Å²) in [5.74, 6) is -0.107. The maximum Gasteiger partial charge on any atom is 0.225 e. The molecule has 25 heavy (non-hydrogen) atoms. The van der Waals surface area contributed by atoms with Crippen LogP contribution in [0.4, 0.5) is 0 Å². The van der Waals surface area contributed by atoms with Gasteiger partial charge in [-0.1, -0.05) is 12.1 Å². The summed E-state index contributed by atoms with van der Waals surface area (Å²) in [7, 11) is 3.63. The van der Waals surface area contributed by atoms with Crippen molar-refractivity contribution in [2.75, 3.05) is 40.3 Å². The van der Waals surface area contributed by atoms with E-state index in [1.807, 2.05) is 40.8 Å². The Morgan fingerprint density at radius 3 is 2.84 bits per heavy atom. The van der Waals surface area contributed by atoms with Crippen molar-refractivity contribution < 1.29 is 9.59 Å². The molecular formula is C18H25N5O2. The normalized spacial score (nSPS) is 19.0. The Balaban J connectivity index is 1.64. The van der Waals surface area contributed by atoms with Crippen LogP contribution in [-0.4, -0.2) is 71.4 Å². The van der Waals surface area contributed by atoms with Crippen LogP contribution >= 0.6 is 0 Å². The second-order valence-electron chi connectivity index (χ2n) is 6.59. The SMILES string of the molecule is CNC(=O)[C@@H]1CN(C)CCN(C(=O)CCn2cnc3ccccc32)C1. The van der Waals surface area contributed by atoms with Gasteiger partial charge < -0.3 is 19.7 Å². The van der Waals surface area contributed by atoms with Gasteiger partial charge in [0.05, 0.1) is 23.3 Å². The molecule has 0 unspecified atom stereocenters. The van der Waals surface area contributed by atoms with E-state index in [0.717, 1.165) is 17.6 Å². The van der Waals surface area contributed by atoms with Crippen LogP contribution in [0.3, 0.4) is 0 Å². The second kappa shape index (κ2) is 7.65. The molecule has 0 aliphatic carbocycles. The maximum absolute atomic E-state index is 12.7. The molecule has 3 rings (SSSR count). The van der Waals surface area contributed by atoms with Crippen molar-refractivity contribution in [1.29, 1.82) is 0 Å². The first kappa shape index (κ1) is 17.4. The lowest BCUT2D eigenvalue weighted by atomic mass is 10.1. The number of carbonyl (C=O) groups is 2. The number of amides is 2. The predicted octanol–water partition coefficient (Wildman–Crippen LogP) is 0.563. The number of imidazole rings is 1. The number of hydrogen-bond donors (Lipinski definition) is 1. The van der Waals surface area contributed by atoms with Gasteiger partial charge in [-0.25, -0.2) is 4.98 Å². The molecular weight excluding hydrogens is 318 g/mol. The zero-order chi connectivity index (χ0) is 17.8. The average Bonchev–Trinajstić information content (AvgIpc) is 2.93. The fourth-order valence-corrected chi connectivity index (χ4v) is 3.33. The molecule has 2 aromatic rings. The van der Waals surface area contributed by atoms with Crippen molar-refractivity contribution in [2.24, 2.45) is 5.92 Å². The van der Waals surface area contributed by atoms with Gasteiger partial charge in [0, 0.05) is 46.2 Å². The molecule has 2 heterocycles. The van der Waals surface area contributed by atoms with E-state index >= 15 is 0 Å². The topological polar surface area (TPSA) is 70.5 Å². The zero-order valence-corrected chi connectivity index (χ0v) is 14.8. The van der Waals surface area contributed by atoms with Crippen molar-refractivity contribution in [3.05, 3.63) is 30.6 Å². The number of hydrogen-bond acceptors (Lipinski definition) is 4. The van der Waals surface area contributed by atoms with E-state index in [4.69, 9.17) is 0 Å². The minimum Gasteiger partial charge on any atom is -0.359 e. The molecule has 0 spiro atoms. The van der Waals surface area contributed by atoms with Crippen LogP contribution in [0, 0.1) is 5.92 Å². The van der Waals surface area contributed by atoms with Crippen LogP contribution in [0.1, 0.15) is 6.42 Å². The largest absolute Gasteiger partial charge is 0.359 e. The Hall–Kier alpha value is -2.41. The Bertz CT molecular complexity index is 757. The smallest absolute Gasteiger partial charge is 0.225 e. The lowest BCUT2D eigenvalue weighted by Crippen LogP contribution is -2.41. The van der Waals surface area contributed by atoms with Gasteiger partial charge in [-0.05, 0) is 19.2 Å². The molecule has 1 aliphatic rings. The first-order valence-corrected chi connectivity index (χ1v) is 8.66. The number of likely N-dealkylation sites (N-methyl/N-ethyl adjacent to an activating group) is 1. The Morgan fingerprint density at radius 1 is 1.24 bits per heavy atom. The van der Waals surface area contributed by atoms with Gasteiger partial charge in [-0.2, -0.15) is 0 Å². The van der Waals surface area contributed by atoms with Gasteiger partial charge >= 0.3 is 0 Å². The van der Waals surface area contributed by atoms with Crippen LogP contribution in [0.15, 0.2) is 30.6 Å².